The Morgan fingerprint density at radius 2 is 1.70 bits per heavy atom. The van der Waals surface area contributed by atoms with Gasteiger partial charge in [0.05, 0.1) is 10.0 Å². The van der Waals surface area contributed by atoms with E-state index in [4.69, 9.17) is 23.2 Å². The second kappa shape index (κ2) is 11.3. The lowest BCUT2D eigenvalue weighted by Gasteiger charge is -2.39. The van der Waals surface area contributed by atoms with E-state index in [-0.39, 0.29) is 23.8 Å². The van der Waals surface area contributed by atoms with Crippen molar-refractivity contribution < 1.29 is 9.59 Å². The maximum atomic E-state index is 13.2. The van der Waals surface area contributed by atoms with Crippen molar-refractivity contribution >= 4 is 40.7 Å². The Morgan fingerprint density at radius 3 is 2.42 bits per heavy atom. The molecule has 1 aliphatic heterocycles. The third kappa shape index (κ3) is 6.42. The van der Waals surface area contributed by atoms with Crippen molar-refractivity contribution in [2.45, 2.75) is 44.6 Å². The van der Waals surface area contributed by atoms with Crippen LogP contribution in [0.5, 0.6) is 0 Å². The van der Waals surface area contributed by atoms with Crippen LogP contribution in [0, 0.1) is 5.92 Å². The monoisotopic (exact) mass is 487 g/mol. The molecule has 0 unspecified atom stereocenters. The van der Waals surface area contributed by atoms with E-state index in [9.17, 15) is 9.59 Å². The fourth-order valence-electron chi connectivity index (χ4n) is 4.87. The summed E-state index contributed by atoms with van der Waals surface area (Å²) >= 11 is 12.2. The van der Waals surface area contributed by atoms with Gasteiger partial charge in [0, 0.05) is 50.2 Å². The number of carbonyl (C=O) groups is 2. The normalized spacial score (nSPS) is 21.0. The Labute approximate surface area is 206 Å². The molecular formula is C26H31Cl2N3O2. The molecule has 0 radical (unpaired) electrons. The lowest BCUT2D eigenvalue weighted by molar-refractivity contribution is -0.137. The van der Waals surface area contributed by atoms with Gasteiger partial charge in [-0.25, -0.2) is 0 Å². The van der Waals surface area contributed by atoms with E-state index in [0.717, 1.165) is 50.9 Å². The molecule has 2 aromatic rings. The second-order valence-corrected chi connectivity index (χ2v) is 9.84. The number of hydrogen-bond acceptors (Lipinski definition) is 3. The highest BCUT2D eigenvalue weighted by molar-refractivity contribution is 6.42. The molecule has 2 amide bonds. The zero-order valence-electron chi connectivity index (χ0n) is 18.8. The summed E-state index contributed by atoms with van der Waals surface area (Å²) in [4.78, 5) is 29.9. The Kier molecular flexibility index (Phi) is 8.15. The van der Waals surface area contributed by atoms with Gasteiger partial charge in [-0.2, -0.15) is 0 Å². The van der Waals surface area contributed by atoms with Crippen LogP contribution < -0.4 is 10.2 Å². The number of hydrogen-bond donors (Lipinski definition) is 1. The lowest BCUT2D eigenvalue weighted by atomic mass is 9.84. The third-order valence-corrected chi connectivity index (χ3v) is 7.47. The van der Waals surface area contributed by atoms with E-state index in [1.807, 2.05) is 53.4 Å². The van der Waals surface area contributed by atoms with Crippen LogP contribution in [0.3, 0.4) is 0 Å². The molecule has 0 bridgehead atoms. The van der Waals surface area contributed by atoms with E-state index in [2.05, 4.69) is 10.2 Å². The molecule has 1 N–H and O–H groups in total. The third-order valence-electron chi connectivity index (χ3n) is 6.73. The molecule has 1 saturated carbocycles. The topological polar surface area (TPSA) is 52.7 Å². The standard InChI is InChI=1S/C26H31Cl2N3O2/c27-23-11-10-22(18-24(23)28)30-13-15-31(16-14-30)26(33)20-7-4-8-21(17-20)29-25(32)12-9-19-5-2-1-3-6-19/h1-3,5-6,10-11,18,20-21H,4,7-9,12-17H2,(H,29,32)/t20-,21+/m0/s1. The number of benzene rings is 2. The SMILES string of the molecule is O=C(CCc1ccccc1)N[C@@H]1CCC[C@H](C(=O)N2CCN(c3ccc(Cl)c(Cl)c3)CC2)C1. The summed E-state index contributed by atoms with van der Waals surface area (Å²) in [5.41, 5.74) is 2.21. The van der Waals surface area contributed by atoms with E-state index >= 15 is 0 Å². The van der Waals surface area contributed by atoms with Gasteiger partial charge in [0.25, 0.3) is 0 Å². The van der Waals surface area contributed by atoms with Crippen LogP contribution in [0.2, 0.25) is 10.0 Å². The summed E-state index contributed by atoms with van der Waals surface area (Å²) < 4.78 is 0. The van der Waals surface area contributed by atoms with E-state index in [0.29, 0.717) is 29.6 Å². The van der Waals surface area contributed by atoms with E-state index < -0.39 is 0 Å². The molecule has 5 nitrogen and oxygen atoms in total. The lowest BCUT2D eigenvalue weighted by Crippen LogP contribution is -2.51. The first-order valence-corrected chi connectivity index (χ1v) is 12.6. The van der Waals surface area contributed by atoms with Gasteiger partial charge < -0.3 is 15.1 Å². The van der Waals surface area contributed by atoms with Gasteiger partial charge in [0.2, 0.25) is 11.8 Å². The molecule has 0 spiro atoms. The van der Waals surface area contributed by atoms with Crippen molar-refractivity contribution in [2.75, 3.05) is 31.1 Å². The predicted octanol–water partition coefficient (Wildman–Crippen LogP) is 4.95. The number of carbonyl (C=O) groups excluding carboxylic acids is 2. The molecule has 0 aromatic heterocycles. The highest BCUT2D eigenvalue weighted by Crippen LogP contribution is 2.29. The summed E-state index contributed by atoms with van der Waals surface area (Å²) in [6, 6.07) is 15.8. The quantitative estimate of drug-likeness (QED) is 0.626. The second-order valence-electron chi connectivity index (χ2n) is 9.02. The van der Waals surface area contributed by atoms with Gasteiger partial charge in [0.15, 0.2) is 0 Å². The maximum absolute atomic E-state index is 13.2. The number of nitrogens with zero attached hydrogens (tertiary/aromatic N) is 2. The van der Waals surface area contributed by atoms with Crippen LogP contribution in [-0.4, -0.2) is 48.9 Å². The minimum atomic E-state index is -0.00491. The van der Waals surface area contributed by atoms with Crippen LogP contribution in [0.25, 0.3) is 0 Å². The van der Waals surface area contributed by atoms with Crippen molar-refractivity contribution in [3.05, 3.63) is 64.1 Å². The fourth-order valence-corrected chi connectivity index (χ4v) is 5.16. The van der Waals surface area contributed by atoms with Gasteiger partial charge in [0.1, 0.15) is 0 Å². The van der Waals surface area contributed by atoms with Crippen LogP contribution in [0.1, 0.15) is 37.7 Å². The summed E-state index contributed by atoms with van der Waals surface area (Å²) in [5.74, 6) is 0.300. The number of nitrogens with one attached hydrogen (secondary N) is 1. The van der Waals surface area contributed by atoms with Crippen molar-refractivity contribution in [1.82, 2.24) is 10.2 Å². The van der Waals surface area contributed by atoms with Gasteiger partial charge in [-0.3, -0.25) is 9.59 Å². The minimum absolute atomic E-state index is 0.00491. The molecular weight excluding hydrogens is 457 g/mol. The molecule has 2 aliphatic rings. The highest BCUT2D eigenvalue weighted by Gasteiger charge is 2.32. The van der Waals surface area contributed by atoms with Crippen LogP contribution in [0.4, 0.5) is 5.69 Å². The van der Waals surface area contributed by atoms with Crippen LogP contribution in [-0.2, 0) is 16.0 Å². The molecule has 4 rings (SSSR count). The summed E-state index contributed by atoms with van der Waals surface area (Å²) in [7, 11) is 0. The van der Waals surface area contributed by atoms with Gasteiger partial charge in [-0.1, -0.05) is 60.0 Å². The average molecular weight is 488 g/mol. The van der Waals surface area contributed by atoms with Crippen molar-refractivity contribution in [1.29, 1.82) is 0 Å². The number of aryl methyl sites for hydroxylation is 1. The zero-order chi connectivity index (χ0) is 23.2. The Hall–Kier alpha value is -2.24. The average Bonchev–Trinajstić information content (AvgIpc) is 2.85. The molecule has 1 saturated heterocycles. The minimum Gasteiger partial charge on any atom is -0.368 e. The number of rotatable bonds is 6. The van der Waals surface area contributed by atoms with Crippen LogP contribution >= 0.6 is 23.2 Å². The Bertz CT molecular complexity index is 961. The van der Waals surface area contributed by atoms with E-state index in [1.165, 1.54) is 5.56 Å². The zero-order valence-corrected chi connectivity index (χ0v) is 20.3. The summed E-state index contributed by atoms with van der Waals surface area (Å²) in [5, 5.41) is 4.27. The van der Waals surface area contributed by atoms with Crippen molar-refractivity contribution in [2.24, 2.45) is 5.92 Å². The van der Waals surface area contributed by atoms with E-state index in [1.54, 1.807) is 0 Å². The first-order chi connectivity index (χ1) is 16.0. The van der Waals surface area contributed by atoms with Gasteiger partial charge in [-0.05, 0) is 49.4 Å². The number of halogens is 2. The first kappa shape index (κ1) is 23.9. The van der Waals surface area contributed by atoms with Gasteiger partial charge in [-0.15, -0.1) is 0 Å². The molecule has 1 aliphatic carbocycles. The molecule has 176 valence electrons. The molecule has 7 heteroatoms. The Balaban J connectivity index is 1.24. The highest BCUT2D eigenvalue weighted by atomic mass is 35.5. The number of amides is 2. The number of anilines is 1. The van der Waals surface area contributed by atoms with Crippen molar-refractivity contribution in [3.63, 3.8) is 0 Å². The molecule has 33 heavy (non-hydrogen) atoms. The van der Waals surface area contributed by atoms with Gasteiger partial charge >= 0.3 is 0 Å². The summed E-state index contributed by atoms with van der Waals surface area (Å²) in [6.07, 6.45) is 4.79. The molecule has 2 atom stereocenters. The summed E-state index contributed by atoms with van der Waals surface area (Å²) in [6.45, 7) is 2.94. The largest absolute Gasteiger partial charge is 0.368 e. The Morgan fingerprint density at radius 1 is 0.939 bits per heavy atom. The predicted molar refractivity (Wildman–Crippen MR) is 134 cm³/mol. The fraction of sp³-hybridized carbons (Fsp3) is 0.462. The number of piperazine rings is 1. The smallest absolute Gasteiger partial charge is 0.225 e. The first-order valence-electron chi connectivity index (χ1n) is 11.8. The van der Waals surface area contributed by atoms with Crippen molar-refractivity contribution in [3.8, 4) is 0 Å². The molecule has 2 fully saturated rings. The maximum Gasteiger partial charge on any atom is 0.225 e. The molecule has 2 aromatic carbocycles. The van der Waals surface area contributed by atoms with Crippen LogP contribution in [0.15, 0.2) is 48.5 Å². The molecule has 1 heterocycles.